The highest BCUT2D eigenvalue weighted by Crippen LogP contribution is 2.30. The van der Waals surface area contributed by atoms with Gasteiger partial charge < -0.3 is 10.2 Å². The van der Waals surface area contributed by atoms with E-state index in [9.17, 15) is 4.79 Å². The number of piperazine rings is 1. The third-order valence-corrected chi connectivity index (χ3v) is 3.71. The number of nitrogens with zero attached hydrogens (tertiary/aromatic N) is 1. The van der Waals surface area contributed by atoms with Crippen molar-refractivity contribution in [2.24, 2.45) is 5.92 Å². The van der Waals surface area contributed by atoms with Gasteiger partial charge in [-0.3, -0.25) is 4.79 Å². The summed E-state index contributed by atoms with van der Waals surface area (Å²) in [5.74, 6) is 1.23. The average Bonchev–Trinajstić information content (AvgIpc) is 2.15. The second-order valence-electron chi connectivity index (χ2n) is 5.03. The molecule has 0 unspecified atom stereocenters. The number of nitrogens with one attached hydrogen (secondary N) is 1. The number of hydrogen-bond donors (Lipinski definition) is 1. The molecule has 1 atom stereocenters. The van der Waals surface area contributed by atoms with Gasteiger partial charge in [-0.2, -0.15) is 0 Å². The van der Waals surface area contributed by atoms with Gasteiger partial charge in [0, 0.05) is 32.1 Å². The van der Waals surface area contributed by atoms with Gasteiger partial charge in [-0.1, -0.05) is 19.3 Å². The van der Waals surface area contributed by atoms with E-state index in [1.54, 1.807) is 0 Å². The van der Waals surface area contributed by atoms with Crippen LogP contribution in [0.15, 0.2) is 0 Å². The molecule has 0 spiro atoms. The molecule has 0 bridgehead atoms. The predicted molar refractivity (Wildman–Crippen MR) is 67.9 cm³/mol. The van der Waals surface area contributed by atoms with Gasteiger partial charge >= 0.3 is 0 Å². The normalized spacial score (nSPS) is 25.8. The van der Waals surface area contributed by atoms with Crippen molar-refractivity contribution in [3.63, 3.8) is 0 Å². The van der Waals surface area contributed by atoms with Crippen molar-refractivity contribution >= 4 is 18.3 Å². The van der Waals surface area contributed by atoms with Gasteiger partial charge in [0.05, 0.1) is 0 Å². The van der Waals surface area contributed by atoms with Crippen molar-refractivity contribution in [3.05, 3.63) is 0 Å². The maximum Gasteiger partial charge on any atom is 0.222 e. The number of carbonyl (C=O) groups excluding carboxylic acids is 1. The molecule has 1 saturated carbocycles. The molecule has 1 aliphatic carbocycles. The molecule has 1 saturated heterocycles. The predicted octanol–water partition coefficient (Wildman–Crippen LogP) is 1.81. The van der Waals surface area contributed by atoms with Crippen molar-refractivity contribution in [2.45, 2.75) is 45.1 Å². The van der Waals surface area contributed by atoms with E-state index in [4.69, 9.17) is 0 Å². The zero-order chi connectivity index (χ0) is 10.7. The summed E-state index contributed by atoms with van der Waals surface area (Å²) in [6.07, 6.45) is 5.98. The van der Waals surface area contributed by atoms with E-state index in [0.717, 1.165) is 38.4 Å². The van der Waals surface area contributed by atoms with Gasteiger partial charge in [-0.15, -0.1) is 12.4 Å². The summed E-state index contributed by atoms with van der Waals surface area (Å²) in [4.78, 5) is 13.9. The fraction of sp³-hybridized carbons (Fsp3) is 0.917. The van der Waals surface area contributed by atoms with E-state index in [1.165, 1.54) is 19.3 Å². The lowest BCUT2D eigenvalue weighted by atomic mass is 9.82. The minimum atomic E-state index is 0. The standard InChI is InChI=1S/C12H22N2O.ClH/c1-10-9-14(8-7-13-10)12(15)6-5-11-3-2-4-11;/h10-11,13H,2-9H2,1H3;1H/t10-;/m0./s1. The Morgan fingerprint density at radius 2 is 2.19 bits per heavy atom. The molecule has 3 nitrogen and oxygen atoms in total. The third kappa shape index (κ3) is 3.63. The zero-order valence-electron chi connectivity index (χ0n) is 10.1. The Balaban J connectivity index is 0.00000128. The molecular weight excluding hydrogens is 224 g/mol. The average molecular weight is 247 g/mol. The summed E-state index contributed by atoms with van der Waals surface area (Å²) >= 11 is 0. The van der Waals surface area contributed by atoms with Crippen molar-refractivity contribution in [2.75, 3.05) is 19.6 Å². The van der Waals surface area contributed by atoms with Crippen LogP contribution in [-0.4, -0.2) is 36.5 Å². The number of halogens is 1. The lowest BCUT2D eigenvalue weighted by Crippen LogP contribution is -2.51. The maximum absolute atomic E-state index is 11.9. The van der Waals surface area contributed by atoms with Gasteiger partial charge in [0.15, 0.2) is 0 Å². The van der Waals surface area contributed by atoms with Crippen LogP contribution in [0.4, 0.5) is 0 Å². The minimum absolute atomic E-state index is 0. The highest BCUT2D eigenvalue weighted by molar-refractivity contribution is 5.85. The Kier molecular flexibility index (Phi) is 5.56. The first-order valence-corrected chi connectivity index (χ1v) is 6.27. The van der Waals surface area contributed by atoms with Gasteiger partial charge in [0.1, 0.15) is 0 Å². The van der Waals surface area contributed by atoms with Gasteiger partial charge in [0.2, 0.25) is 5.91 Å². The maximum atomic E-state index is 11.9. The Labute approximate surface area is 104 Å². The largest absolute Gasteiger partial charge is 0.340 e. The van der Waals surface area contributed by atoms with Crippen LogP contribution in [0.5, 0.6) is 0 Å². The first-order valence-electron chi connectivity index (χ1n) is 6.27. The van der Waals surface area contributed by atoms with Crippen LogP contribution in [0.2, 0.25) is 0 Å². The van der Waals surface area contributed by atoms with E-state index in [1.807, 2.05) is 4.90 Å². The first-order chi connectivity index (χ1) is 7.25. The molecule has 1 amide bonds. The highest BCUT2D eigenvalue weighted by atomic mass is 35.5. The highest BCUT2D eigenvalue weighted by Gasteiger charge is 2.23. The fourth-order valence-electron chi connectivity index (χ4n) is 2.43. The molecule has 16 heavy (non-hydrogen) atoms. The van der Waals surface area contributed by atoms with E-state index in [0.29, 0.717) is 11.9 Å². The summed E-state index contributed by atoms with van der Waals surface area (Å²) < 4.78 is 0. The summed E-state index contributed by atoms with van der Waals surface area (Å²) in [6, 6.07) is 0.464. The molecule has 1 N–H and O–H groups in total. The lowest BCUT2D eigenvalue weighted by molar-refractivity contribution is -0.132. The monoisotopic (exact) mass is 246 g/mol. The molecule has 2 rings (SSSR count). The smallest absolute Gasteiger partial charge is 0.222 e. The van der Waals surface area contributed by atoms with Crippen molar-refractivity contribution in [3.8, 4) is 0 Å². The summed E-state index contributed by atoms with van der Waals surface area (Å²) in [5.41, 5.74) is 0. The Morgan fingerprint density at radius 3 is 2.75 bits per heavy atom. The van der Waals surface area contributed by atoms with E-state index >= 15 is 0 Å². The number of hydrogen-bond acceptors (Lipinski definition) is 2. The number of rotatable bonds is 3. The Hall–Kier alpha value is -0.280. The van der Waals surface area contributed by atoms with Crippen LogP contribution in [0.3, 0.4) is 0 Å². The number of carbonyl (C=O) groups is 1. The van der Waals surface area contributed by atoms with Gasteiger partial charge in [0.25, 0.3) is 0 Å². The molecule has 4 heteroatoms. The molecule has 2 aliphatic rings. The van der Waals surface area contributed by atoms with Crippen molar-refractivity contribution < 1.29 is 4.79 Å². The zero-order valence-corrected chi connectivity index (χ0v) is 10.9. The molecule has 1 aliphatic heterocycles. The van der Waals surface area contributed by atoms with Crippen LogP contribution in [0.25, 0.3) is 0 Å². The topological polar surface area (TPSA) is 32.3 Å². The number of amides is 1. The second-order valence-corrected chi connectivity index (χ2v) is 5.03. The summed E-state index contributed by atoms with van der Waals surface area (Å²) in [7, 11) is 0. The van der Waals surface area contributed by atoms with Crippen molar-refractivity contribution in [1.29, 1.82) is 0 Å². The molecule has 94 valence electrons. The summed E-state index contributed by atoms with van der Waals surface area (Å²) in [5, 5.41) is 3.36. The molecule has 0 aromatic heterocycles. The van der Waals surface area contributed by atoms with Crippen LogP contribution < -0.4 is 5.32 Å². The molecule has 0 aromatic rings. The van der Waals surface area contributed by atoms with Gasteiger partial charge in [-0.05, 0) is 19.3 Å². The van der Waals surface area contributed by atoms with Crippen LogP contribution in [-0.2, 0) is 4.79 Å². The van der Waals surface area contributed by atoms with Crippen LogP contribution in [0.1, 0.15) is 39.0 Å². The third-order valence-electron chi connectivity index (χ3n) is 3.71. The lowest BCUT2D eigenvalue weighted by Gasteiger charge is -2.33. The van der Waals surface area contributed by atoms with Crippen LogP contribution >= 0.6 is 12.4 Å². The van der Waals surface area contributed by atoms with E-state index in [2.05, 4.69) is 12.2 Å². The Morgan fingerprint density at radius 1 is 1.44 bits per heavy atom. The molecular formula is C12H23ClN2O. The fourth-order valence-corrected chi connectivity index (χ4v) is 2.43. The molecule has 0 radical (unpaired) electrons. The second kappa shape index (κ2) is 6.45. The van der Waals surface area contributed by atoms with Crippen molar-refractivity contribution in [1.82, 2.24) is 10.2 Å². The summed E-state index contributed by atoms with van der Waals surface area (Å²) in [6.45, 7) is 4.89. The van der Waals surface area contributed by atoms with Gasteiger partial charge in [-0.25, -0.2) is 0 Å². The Bertz CT molecular complexity index is 231. The minimum Gasteiger partial charge on any atom is -0.340 e. The molecule has 0 aromatic carbocycles. The molecule has 1 heterocycles. The SMILES string of the molecule is C[C@H]1CN(C(=O)CCC2CCC2)CCN1.Cl. The van der Waals surface area contributed by atoms with Crippen LogP contribution in [0, 0.1) is 5.92 Å². The quantitative estimate of drug-likeness (QED) is 0.824. The molecule has 2 fully saturated rings. The van der Waals surface area contributed by atoms with E-state index < -0.39 is 0 Å². The first kappa shape index (κ1) is 13.8. The van der Waals surface area contributed by atoms with E-state index in [-0.39, 0.29) is 12.4 Å².